The van der Waals surface area contributed by atoms with Gasteiger partial charge in [-0.1, -0.05) is 0 Å². The van der Waals surface area contributed by atoms with Crippen LogP contribution in [-0.4, -0.2) is 41.3 Å². The molecule has 0 amide bonds. The lowest BCUT2D eigenvalue weighted by Gasteiger charge is -2.17. The first kappa shape index (κ1) is 14.3. The molecule has 9 heteroatoms. The fourth-order valence-electron chi connectivity index (χ4n) is 1.26. The normalized spacial score (nSPS) is 13.2. The van der Waals surface area contributed by atoms with E-state index in [9.17, 15) is 13.2 Å². The van der Waals surface area contributed by atoms with Crippen LogP contribution in [0, 0.1) is 0 Å². The maximum Gasteiger partial charge on any atom is 0.391 e. The smallest absolute Gasteiger partial charge is 0.368 e. The van der Waals surface area contributed by atoms with E-state index in [1.54, 1.807) is 19.0 Å². The summed E-state index contributed by atoms with van der Waals surface area (Å²) in [7, 11) is 3.38. The quantitative estimate of drug-likeness (QED) is 0.852. The first-order chi connectivity index (χ1) is 8.17. The Hall–Kier alpha value is -1.80. The molecule has 0 radical (unpaired) electrons. The van der Waals surface area contributed by atoms with E-state index >= 15 is 0 Å². The van der Waals surface area contributed by atoms with Gasteiger partial charge in [-0.15, -0.1) is 0 Å². The van der Waals surface area contributed by atoms with Crippen LogP contribution in [0.15, 0.2) is 0 Å². The van der Waals surface area contributed by atoms with Crippen molar-refractivity contribution in [2.24, 2.45) is 0 Å². The van der Waals surface area contributed by atoms with Crippen molar-refractivity contribution in [1.82, 2.24) is 15.0 Å². The van der Waals surface area contributed by atoms with E-state index in [4.69, 9.17) is 5.73 Å². The van der Waals surface area contributed by atoms with Gasteiger partial charge in [0.05, 0.1) is 6.42 Å². The third kappa shape index (κ3) is 4.60. The molecule has 0 saturated heterocycles. The molecule has 0 fully saturated rings. The molecule has 1 atom stereocenters. The number of alkyl halides is 3. The minimum atomic E-state index is -4.24. The summed E-state index contributed by atoms with van der Waals surface area (Å²) in [4.78, 5) is 13.1. The highest BCUT2D eigenvalue weighted by molar-refractivity contribution is 5.41. The molecule has 0 aromatic carbocycles. The van der Waals surface area contributed by atoms with Gasteiger partial charge in [0, 0.05) is 20.1 Å². The number of anilines is 3. The molecule has 0 aliphatic heterocycles. The molecular weight excluding hydrogens is 249 g/mol. The van der Waals surface area contributed by atoms with E-state index in [-0.39, 0.29) is 17.8 Å². The van der Waals surface area contributed by atoms with Crippen LogP contribution in [0.3, 0.4) is 0 Å². The van der Waals surface area contributed by atoms with Crippen molar-refractivity contribution in [2.45, 2.75) is 25.6 Å². The monoisotopic (exact) mass is 264 g/mol. The Bertz CT molecular complexity index is 406. The van der Waals surface area contributed by atoms with Gasteiger partial charge in [0.1, 0.15) is 0 Å². The highest BCUT2D eigenvalue weighted by Gasteiger charge is 2.30. The highest BCUT2D eigenvalue weighted by Crippen LogP contribution is 2.22. The third-order valence-corrected chi connectivity index (χ3v) is 1.95. The Morgan fingerprint density at radius 3 is 2.39 bits per heavy atom. The first-order valence-electron chi connectivity index (χ1n) is 5.19. The molecule has 102 valence electrons. The van der Waals surface area contributed by atoms with Crippen LogP contribution >= 0.6 is 0 Å². The number of halogens is 3. The van der Waals surface area contributed by atoms with Crippen molar-refractivity contribution >= 4 is 17.8 Å². The van der Waals surface area contributed by atoms with Gasteiger partial charge >= 0.3 is 6.18 Å². The van der Waals surface area contributed by atoms with E-state index in [1.165, 1.54) is 6.92 Å². The Morgan fingerprint density at radius 1 is 1.28 bits per heavy atom. The van der Waals surface area contributed by atoms with Crippen molar-refractivity contribution in [3.8, 4) is 0 Å². The van der Waals surface area contributed by atoms with E-state index < -0.39 is 18.6 Å². The standard InChI is InChI=1S/C9H15F3N6/c1-5(4-9(10,11)12)14-7-15-6(13)16-8(17-7)18(2)3/h5H,4H2,1-3H3,(H3,13,14,15,16,17). The lowest BCUT2D eigenvalue weighted by molar-refractivity contribution is -0.136. The maximum atomic E-state index is 12.2. The Kier molecular flexibility index (Phi) is 4.15. The summed E-state index contributed by atoms with van der Waals surface area (Å²) >= 11 is 0. The third-order valence-electron chi connectivity index (χ3n) is 1.95. The molecule has 1 unspecified atom stereocenters. The summed E-state index contributed by atoms with van der Waals surface area (Å²) in [6.07, 6.45) is -5.22. The average molecular weight is 264 g/mol. The number of nitrogens with zero attached hydrogens (tertiary/aromatic N) is 4. The summed E-state index contributed by atoms with van der Waals surface area (Å²) in [5, 5.41) is 2.55. The fraction of sp³-hybridized carbons (Fsp3) is 0.667. The zero-order valence-corrected chi connectivity index (χ0v) is 10.3. The van der Waals surface area contributed by atoms with Gasteiger partial charge in [-0.05, 0) is 6.92 Å². The topological polar surface area (TPSA) is 80.0 Å². The molecule has 0 bridgehead atoms. The minimum absolute atomic E-state index is 0.0305. The van der Waals surface area contributed by atoms with Crippen LogP contribution in [-0.2, 0) is 0 Å². The van der Waals surface area contributed by atoms with Gasteiger partial charge in [0.25, 0.3) is 0 Å². The van der Waals surface area contributed by atoms with Crippen molar-refractivity contribution in [1.29, 1.82) is 0 Å². The van der Waals surface area contributed by atoms with Crippen LogP contribution in [0.1, 0.15) is 13.3 Å². The number of nitrogens with two attached hydrogens (primary N) is 1. The van der Waals surface area contributed by atoms with Gasteiger partial charge in [0.15, 0.2) is 0 Å². The second-order valence-corrected chi connectivity index (χ2v) is 4.08. The van der Waals surface area contributed by atoms with Crippen molar-refractivity contribution in [2.75, 3.05) is 30.0 Å². The van der Waals surface area contributed by atoms with Crippen molar-refractivity contribution in [3.63, 3.8) is 0 Å². The Labute approximate surface area is 102 Å². The molecule has 0 aliphatic rings. The SMILES string of the molecule is CC(CC(F)(F)F)Nc1nc(N)nc(N(C)C)n1. The van der Waals surface area contributed by atoms with E-state index in [2.05, 4.69) is 20.3 Å². The molecular formula is C9H15F3N6. The van der Waals surface area contributed by atoms with Crippen LogP contribution in [0.4, 0.5) is 31.0 Å². The van der Waals surface area contributed by atoms with Crippen LogP contribution in [0.2, 0.25) is 0 Å². The fourth-order valence-corrected chi connectivity index (χ4v) is 1.26. The zero-order chi connectivity index (χ0) is 13.9. The largest absolute Gasteiger partial charge is 0.391 e. The molecule has 1 heterocycles. The Morgan fingerprint density at radius 2 is 1.89 bits per heavy atom. The van der Waals surface area contributed by atoms with Gasteiger partial charge in [-0.2, -0.15) is 28.1 Å². The average Bonchev–Trinajstić information content (AvgIpc) is 2.12. The summed E-state index contributed by atoms with van der Waals surface area (Å²) < 4.78 is 36.5. The summed E-state index contributed by atoms with van der Waals surface area (Å²) in [6, 6.07) is -0.846. The second kappa shape index (κ2) is 5.23. The number of rotatable bonds is 4. The summed E-state index contributed by atoms with van der Waals surface area (Å²) in [5.74, 6) is 0.266. The van der Waals surface area contributed by atoms with Gasteiger partial charge in [0.2, 0.25) is 17.8 Å². The number of aromatic nitrogens is 3. The van der Waals surface area contributed by atoms with E-state index in [0.29, 0.717) is 0 Å². The molecule has 6 nitrogen and oxygen atoms in total. The van der Waals surface area contributed by atoms with E-state index in [0.717, 1.165) is 0 Å². The predicted octanol–water partition coefficient (Wildman–Crippen LogP) is 1.27. The summed E-state index contributed by atoms with van der Waals surface area (Å²) in [6.45, 7) is 1.39. The lowest BCUT2D eigenvalue weighted by Crippen LogP contribution is -2.25. The number of nitrogen functional groups attached to an aromatic ring is 1. The molecule has 0 saturated carbocycles. The first-order valence-corrected chi connectivity index (χ1v) is 5.19. The zero-order valence-electron chi connectivity index (χ0n) is 10.3. The maximum absolute atomic E-state index is 12.2. The van der Waals surface area contributed by atoms with Crippen LogP contribution < -0.4 is 16.0 Å². The molecule has 18 heavy (non-hydrogen) atoms. The number of hydrogen-bond acceptors (Lipinski definition) is 6. The van der Waals surface area contributed by atoms with Gasteiger partial charge in [-0.3, -0.25) is 0 Å². The lowest BCUT2D eigenvalue weighted by atomic mass is 10.2. The van der Waals surface area contributed by atoms with E-state index in [1.807, 2.05) is 0 Å². The number of nitrogens with one attached hydrogen (secondary N) is 1. The predicted molar refractivity (Wildman–Crippen MR) is 62.3 cm³/mol. The molecule has 0 spiro atoms. The number of hydrogen-bond donors (Lipinski definition) is 2. The van der Waals surface area contributed by atoms with Gasteiger partial charge < -0.3 is 16.0 Å². The van der Waals surface area contributed by atoms with Crippen molar-refractivity contribution < 1.29 is 13.2 Å². The molecule has 1 rings (SSSR count). The van der Waals surface area contributed by atoms with Crippen LogP contribution in [0.5, 0.6) is 0 Å². The highest BCUT2D eigenvalue weighted by atomic mass is 19.4. The second-order valence-electron chi connectivity index (χ2n) is 4.08. The molecule has 1 aromatic heterocycles. The Balaban J connectivity index is 2.78. The molecule has 1 aromatic rings. The summed E-state index contributed by atoms with van der Waals surface area (Å²) in [5.41, 5.74) is 5.45. The van der Waals surface area contributed by atoms with Crippen LogP contribution in [0.25, 0.3) is 0 Å². The van der Waals surface area contributed by atoms with Gasteiger partial charge in [-0.25, -0.2) is 0 Å². The molecule has 0 aliphatic carbocycles. The minimum Gasteiger partial charge on any atom is -0.368 e. The molecule has 3 N–H and O–H groups in total. The van der Waals surface area contributed by atoms with Crippen molar-refractivity contribution in [3.05, 3.63) is 0 Å².